The van der Waals surface area contributed by atoms with E-state index in [0.717, 1.165) is 0 Å². The van der Waals surface area contributed by atoms with Crippen LogP contribution in [-0.2, 0) is 16.6 Å². The molecule has 0 N–H and O–H groups in total. The van der Waals surface area contributed by atoms with Crippen LogP contribution in [-0.4, -0.2) is 51.7 Å². The second-order valence-electron chi connectivity index (χ2n) is 5.89. The predicted octanol–water partition coefficient (Wildman–Crippen LogP) is 1.00. The van der Waals surface area contributed by atoms with Crippen LogP contribution in [0.25, 0.3) is 0 Å². The minimum Gasteiger partial charge on any atom is -0.458 e. The van der Waals surface area contributed by atoms with Crippen LogP contribution in [0.3, 0.4) is 0 Å². The van der Waals surface area contributed by atoms with Gasteiger partial charge in [0, 0.05) is 26.5 Å². The van der Waals surface area contributed by atoms with Crippen LogP contribution in [0.4, 0.5) is 10.7 Å². The summed E-state index contributed by atoms with van der Waals surface area (Å²) in [5.74, 6) is 0.123. The van der Waals surface area contributed by atoms with Crippen molar-refractivity contribution in [2.75, 3.05) is 18.5 Å². The normalized spacial score (nSPS) is 19.6. The van der Waals surface area contributed by atoms with Crippen molar-refractivity contribution in [1.82, 2.24) is 14.5 Å². The average Bonchev–Trinajstić information content (AvgIpc) is 2.83. The predicted molar refractivity (Wildman–Crippen MR) is 73.3 cm³/mol. The van der Waals surface area contributed by atoms with Crippen molar-refractivity contribution in [3.63, 3.8) is 0 Å². The lowest BCUT2D eigenvalue weighted by molar-refractivity contribution is -0.158. The van der Waals surface area contributed by atoms with Crippen LogP contribution in [0.5, 0.6) is 0 Å². The van der Waals surface area contributed by atoms with Crippen molar-refractivity contribution in [1.29, 1.82) is 0 Å². The second-order valence-corrected chi connectivity index (χ2v) is 5.89. The Balaban J connectivity index is 2.17. The first-order chi connectivity index (χ1) is 9.20. The highest BCUT2D eigenvalue weighted by atomic mass is 16.6. The van der Waals surface area contributed by atoms with Crippen LogP contribution < -0.4 is 4.90 Å². The maximum Gasteiger partial charge on any atom is 0.331 e. The highest BCUT2D eigenvalue weighted by Crippen LogP contribution is 2.22. The van der Waals surface area contributed by atoms with E-state index in [1.54, 1.807) is 51.8 Å². The van der Waals surface area contributed by atoms with E-state index in [9.17, 15) is 9.59 Å². The zero-order valence-corrected chi connectivity index (χ0v) is 12.5. The molecule has 0 saturated carbocycles. The lowest BCUT2D eigenvalue weighted by Gasteiger charge is -2.24. The van der Waals surface area contributed by atoms with Gasteiger partial charge in [0.2, 0.25) is 5.95 Å². The molecular formula is C13H20N4O3. The van der Waals surface area contributed by atoms with Gasteiger partial charge in [-0.3, -0.25) is 4.90 Å². The molecule has 0 aliphatic carbocycles. The van der Waals surface area contributed by atoms with E-state index in [1.165, 1.54) is 9.80 Å². The Morgan fingerprint density at radius 2 is 2.05 bits per heavy atom. The Bertz CT molecular complexity index is 532. The number of nitrogens with zero attached hydrogens (tertiary/aromatic N) is 4. The quantitative estimate of drug-likeness (QED) is 0.758. The fraction of sp³-hybridized carbons (Fsp3) is 0.615. The molecule has 1 fully saturated rings. The van der Waals surface area contributed by atoms with Crippen LogP contribution in [0.2, 0.25) is 0 Å². The Morgan fingerprint density at radius 3 is 2.55 bits per heavy atom. The molecule has 20 heavy (non-hydrogen) atoms. The number of likely N-dealkylation sites (N-methyl/N-ethyl adjacent to an activating group) is 1. The molecule has 7 nitrogen and oxygen atoms in total. The van der Waals surface area contributed by atoms with Crippen molar-refractivity contribution in [3.05, 3.63) is 12.4 Å². The van der Waals surface area contributed by atoms with Gasteiger partial charge in [-0.05, 0) is 20.8 Å². The number of aryl methyl sites for hydroxylation is 1. The summed E-state index contributed by atoms with van der Waals surface area (Å²) in [6.07, 6.45) is 3.37. The molecule has 1 aliphatic rings. The third-order valence-corrected chi connectivity index (χ3v) is 3.07. The van der Waals surface area contributed by atoms with E-state index in [4.69, 9.17) is 4.74 Å². The molecule has 1 unspecified atom stereocenters. The number of imidazole rings is 1. The minimum atomic E-state index is -0.613. The highest BCUT2D eigenvalue weighted by Gasteiger charge is 2.43. The van der Waals surface area contributed by atoms with Gasteiger partial charge in [0.25, 0.3) is 0 Å². The van der Waals surface area contributed by atoms with Crippen LogP contribution >= 0.6 is 0 Å². The molecule has 0 bridgehead atoms. The molecule has 2 amide bonds. The number of rotatable bonds is 2. The van der Waals surface area contributed by atoms with Gasteiger partial charge in [-0.25, -0.2) is 14.6 Å². The Hall–Kier alpha value is -2.05. The van der Waals surface area contributed by atoms with Crippen molar-refractivity contribution >= 4 is 17.9 Å². The minimum absolute atomic E-state index is 0.245. The summed E-state index contributed by atoms with van der Waals surface area (Å²) >= 11 is 0. The van der Waals surface area contributed by atoms with E-state index in [0.29, 0.717) is 5.95 Å². The van der Waals surface area contributed by atoms with E-state index in [2.05, 4.69) is 4.98 Å². The Kier molecular flexibility index (Phi) is 3.45. The summed E-state index contributed by atoms with van der Waals surface area (Å²) in [5, 5.41) is 0. The Morgan fingerprint density at radius 1 is 1.40 bits per heavy atom. The van der Waals surface area contributed by atoms with Gasteiger partial charge in [-0.15, -0.1) is 0 Å². The zero-order valence-electron chi connectivity index (χ0n) is 12.5. The summed E-state index contributed by atoms with van der Waals surface area (Å²) in [7, 11) is 3.40. The number of urea groups is 1. The zero-order chi connectivity index (χ0) is 15.1. The number of esters is 1. The lowest BCUT2D eigenvalue weighted by Crippen LogP contribution is -2.40. The molecule has 7 heteroatoms. The average molecular weight is 280 g/mol. The van der Waals surface area contributed by atoms with E-state index in [1.807, 2.05) is 0 Å². The molecule has 110 valence electrons. The van der Waals surface area contributed by atoms with E-state index >= 15 is 0 Å². The van der Waals surface area contributed by atoms with Crippen LogP contribution in [0, 0.1) is 0 Å². The SMILES string of the molecule is CN1C(=O)N(c2nccn2C)CC1C(=O)OC(C)(C)C. The summed E-state index contributed by atoms with van der Waals surface area (Å²) in [6, 6.07) is -0.867. The largest absolute Gasteiger partial charge is 0.458 e. The molecule has 1 saturated heterocycles. The van der Waals surface area contributed by atoms with Crippen LogP contribution in [0.15, 0.2) is 12.4 Å². The van der Waals surface area contributed by atoms with Gasteiger partial charge < -0.3 is 14.2 Å². The number of amides is 2. The number of hydrogen-bond donors (Lipinski definition) is 0. The number of anilines is 1. The number of aromatic nitrogens is 2. The first kappa shape index (κ1) is 14.4. The van der Waals surface area contributed by atoms with Gasteiger partial charge in [0.15, 0.2) is 0 Å². The van der Waals surface area contributed by atoms with Crippen molar-refractivity contribution in [2.45, 2.75) is 32.4 Å². The summed E-state index contributed by atoms with van der Waals surface area (Å²) in [6.45, 7) is 5.66. The third kappa shape index (κ3) is 2.61. The van der Waals surface area contributed by atoms with Crippen molar-refractivity contribution < 1.29 is 14.3 Å². The lowest BCUT2D eigenvalue weighted by atomic mass is 10.2. The topological polar surface area (TPSA) is 67.7 Å². The fourth-order valence-electron chi connectivity index (χ4n) is 2.08. The van der Waals surface area contributed by atoms with Crippen molar-refractivity contribution in [3.8, 4) is 0 Å². The van der Waals surface area contributed by atoms with E-state index < -0.39 is 17.6 Å². The second kappa shape index (κ2) is 4.81. The first-order valence-electron chi connectivity index (χ1n) is 6.45. The number of carbonyl (C=O) groups is 2. The first-order valence-corrected chi connectivity index (χ1v) is 6.45. The molecular weight excluding hydrogens is 260 g/mol. The standard InChI is InChI=1S/C13H20N4O3/c1-13(2,3)20-10(18)9-8-17(12(19)16(9)5)11-14-6-7-15(11)4/h6-7,9H,8H2,1-5H3. The van der Waals surface area contributed by atoms with Gasteiger partial charge in [-0.1, -0.05) is 0 Å². The molecule has 1 aromatic heterocycles. The fourth-order valence-corrected chi connectivity index (χ4v) is 2.08. The Labute approximate surface area is 118 Å². The molecule has 1 aromatic rings. The molecule has 0 aromatic carbocycles. The van der Waals surface area contributed by atoms with Gasteiger partial charge in [0.05, 0.1) is 6.54 Å². The van der Waals surface area contributed by atoms with Gasteiger partial charge >= 0.3 is 12.0 Å². The molecule has 0 spiro atoms. The molecule has 1 aliphatic heterocycles. The molecule has 2 rings (SSSR count). The van der Waals surface area contributed by atoms with Gasteiger partial charge in [-0.2, -0.15) is 0 Å². The maximum absolute atomic E-state index is 12.2. The number of carbonyl (C=O) groups excluding carboxylic acids is 2. The van der Waals surface area contributed by atoms with E-state index in [-0.39, 0.29) is 12.6 Å². The summed E-state index contributed by atoms with van der Waals surface area (Å²) in [4.78, 5) is 31.4. The number of hydrogen-bond acceptors (Lipinski definition) is 4. The maximum atomic E-state index is 12.2. The summed E-state index contributed by atoms with van der Waals surface area (Å²) < 4.78 is 7.09. The number of ether oxygens (including phenoxy) is 1. The van der Waals surface area contributed by atoms with Crippen molar-refractivity contribution in [2.24, 2.45) is 7.05 Å². The monoisotopic (exact) mass is 280 g/mol. The molecule has 1 atom stereocenters. The van der Waals surface area contributed by atoms with Gasteiger partial charge in [0.1, 0.15) is 11.6 Å². The van der Waals surface area contributed by atoms with Crippen LogP contribution in [0.1, 0.15) is 20.8 Å². The smallest absolute Gasteiger partial charge is 0.331 e. The third-order valence-electron chi connectivity index (χ3n) is 3.07. The molecule has 0 radical (unpaired) electrons. The molecule has 2 heterocycles. The summed E-state index contributed by atoms with van der Waals surface area (Å²) in [5.41, 5.74) is -0.572. The highest BCUT2D eigenvalue weighted by molar-refractivity contribution is 5.98.